The van der Waals surface area contributed by atoms with Crippen molar-refractivity contribution in [1.82, 2.24) is 24.6 Å². The minimum atomic E-state index is -0.384. The summed E-state index contributed by atoms with van der Waals surface area (Å²) in [6, 6.07) is 3.97. The maximum atomic E-state index is 12.4. The van der Waals surface area contributed by atoms with E-state index in [1.807, 2.05) is 29.8 Å². The number of hydrogen-bond donors (Lipinski definition) is 2. The maximum absolute atomic E-state index is 12.4. The van der Waals surface area contributed by atoms with E-state index < -0.39 is 0 Å². The second-order valence-corrected chi connectivity index (χ2v) is 8.35. The lowest BCUT2D eigenvalue weighted by Crippen LogP contribution is -2.31. The number of nitrogens with zero attached hydrogens (tertiary/aromatic N) is 3. The Morgan fingerprint density at radius 2 is 2.26 bits per heavy atom. The van der Waals surface area contributed by atoms with Crippen molar-refractivity contribution in [3.63, 3.8) is 0 Å². The van der Waals surface area contributed by atoms with E-state index in [-0.39, 0.29) is 17.0 Å². The van der Waals surface area contributed by atoms with Crippen molar-refractivity contribution in [2.75, 3.05) is 6.54 Å². The van der Waals surface area contributed by atoms with Crippen molar-refractivity contribution in [3.05, 3.63) is 56.7 Å². The van der Waals surface area contributed by atoms with Crippen LogP contribution in [0.1, 0.15) is 46.4 Å². The number of nitrogens with one attached hydrogen (secondary N) is 2. The van der Waals surface area contributed by atoms with Crippen LogP contribution < -0.4 is 10.9 Å². The van der Waals surface area contributed by atoms with E-state index in [2.05, 4.69) is 27.1 Å². The molecule has 1 unspecified atom stereocenters. The molecule has 3 aromatic rings. The van der Waals surface area contributed by atoms with Gasteiger partial charge < -0.3 is 10.3 Å². The molecule has 3 aromatic heterocycles. The molecule has 8 heteroatoms. The minimum Gasteiger partial charge on any atom is -0.346 e. The maximum Gasteiger partial charge on any atom is 0.261 e. The molecule has 0 spiro atoms. The van der Waals surface area contributed by atoms with Crippen molar-refractivity contribution in [3.8, 4) is 0 Å². The number of likely N-dealkylation sites (tertiary alicyclic amines) is 1. The molecule has 4 heterocycles. The lowest BCUT2D eigenvalue weighted by Gasteiger charge is -2.20. The standard InChI is InChI=1S/C19H23N5O2S/c1-12-4-3-7-23(12)10-14-5-6-16(18(26)21-14)17(25)20-8-15-11-24-9-13(2)27-19(24)22-15/h5-6,9,11-12H,3-4,7-8,10H2,1-2H3,(H,20,25)(H,21,26). The summed E-state index contributed by atoms with van der Waals surface area (Å²) in [5, 5.41) is 2.78. The van der Waals surface area contributed by atoms with Gasteiger partial charge in [0.05, 0.1) is 12.2 Å². The molecule has 0 radical (unpaired) electrons. The van der Waals surface area contributed by atoms with Crippen LogP contribution in [0, 0.1) is 6.92 Å². The van der Waals surface area contributed by atoms with E-state index in [1.54, 1.807) is 17.4 Å². The van der Waals surface area contributed by atoms with Gasteiger partial charge in [0.2, 0.25) is 0 Å². The van der Waals surface area contributed by atoms with Crippen molar-refractivity contribution >= 4 is 22.2 Å². The number of hydrogen-bond acceptors (Lipinski definition) is 5. The molecule has 0 bridgehead atoms. The van der Waals surface area contributed by atoms with Gasteiger partial charge in [0.25, 0.3) is 11.5 Å². The molecule has 1 aliphatic heterocycles. The number of carbonyl (C=O) groups excluding carboxylic acids is 1. The first kappa shape index (κ1) is 17.9. The molecule has 1 amide bonds. The third-order valence-electron chi connectivity index (χ3n) is 5.03. The lowest BCUT2D eigenvalue weighted by atomic mass is 10.2. The van der Waals surface area contributed by atoms with Gasteiger partial charge in [0.15, 0.2) is 4.96 Å². The summed E-state index contributed by atoms with van der Waals surface area (Å²) < 4.78 is 1.95. The molecule has 0 aromatic carbocycles. The zero-order valence-electron chi connectivity index (χ0n) is 15.5. The van der Waals surface area contributed by atoms with E-state index in [9.17, 15) is 9.59 Å². The summed E-state index contributed by atoms with van der Waals surface area (Å²) in [5.41, 5.74) is 1.39. The average molecular weight is 385 g/mol. The third-order valence-corrected chi connectivity index (χ3v) is 5.94. The first-order valence-corrected chi connectivity index (χ1v) is 10.00. The molecule has 1 saturated heterocycles. The van der Waals surface area contributed by atoms with Crippen molar-refractivity contribution in [2.24, 2.45) is 0 Å². The molecule has 0 saturated carbocycles. The van der Waals surface area contributed by atoms with Gasteiger partial charge >= 0.3 is 0 Å². The summed E-state index contributed by atoms with van der Waals surface area (Å²) in [6.07, 6.45) is 6.28. The molecule has 2 N–H and O–H groups in total. The van der Waals surface area contributed by atoms with Gasteiger partial charge in [-0.2, -0.15) is 0 Å². The molecule has 1 atom stereocenters. The topological polar surface area (TPSA) is 82.5 Å². The summed E-state index contributed by atoms with van der Waals surface area (Å²) in [4.78, 5) is 36.5. The Kier molecular flexibility index (Phi) is 4.84. The van der Waals surface area contributed by atoms with Gasteiger partial charge in [-0.1, -0.05) is 0 Å². The molecular formula is C19H23N5O2S. The molecule has 7 nitrogen and oxygen atoms in total. The van der Waals surface area contributed by atoms with Crippen LogP contribution in [0.2, 0.25) is 0 Å². The number of fused-ring (bicyclic) bond motifs is 1. The molecule has 1 aliphatic rings. The normalized spacial score (nSPS) is 17.6. The summed E-state index contributed by atoms with van der Waals surface area (Å²) >= 11 is 1.60. The Morgan fingerprint density at radius 1 is 1.41 bits per heavy atom. The van der Waals surface area contributed by atoms with Gasteiger partial charge in [0.1, 0.15) is 5.56 Å². The number of rotatable bonds is 5. The number of aromatic amines is 1. The third kappa shape index (κ3) is 3.81. The van der Waals surface area contributed by atoms with Gasteiger partial charge in [-0.05, 0) is 45.4 Å². The number of amides is 1. The highest BCUT2D eigenvalue weighted by atomic mass is 32.1. The van der Waals surface area contributed by atoms with Crippen LogP contribution >= 0.6 is 11.3 Å². The number of H-pyrrole nitrogens is 1. The summed E-state index contributed by atoms with van der Waals surface area (Å²) in [5.74, 6) is -0.384. The van der Waals surface area contributed by atoms with Gasteiger partial charge in [-0.25, -0.2) is 4.98 Å². The number of aryl methyl sites for hydroxylation is 1. The largest absolute Gasteiger partial charge is 0.346 e. The highest BCUT2D eigenvalue weighted by Gasteiger charge is 2.21. The Hall–Kier alpha value is -2.45. The summed E-state index contributed by atoms with van der Waals surface area (Å²) in [6.45, 7) is 6.28. The number of imidazole rings is 1. The van der Waals surface area contributed by atoms with Gasteiger partial charge in [0, 0.05) is 35.6 Å². The van der Waals surface area contributed by atoms with E-state index in [0.717, 1.165) is 22.9 Å². The molecule has 0 aliphatic carbocycles. The van der Waals surface area contributed by atoms with E-state index >= 15 is 0 Å². The fourth-order valence-corrected chi connectivity index (χ4v) is 4.37. The second-order valence-electron chi connectivity index (χ2n) is 7.13. The zero-order chi connectivity index (χ0) is 19.0. The average Bonchev–Trinajstić information content (AvgIpc) is 3.28. The van der Waals surface area contributed by atoms with Crippen LogP contribution in [-0.4, -0.2) is 37.8 Å². The smallest absolute Gasteiger partial charge is 0.261 e. The highest BCUT2D eigenvalue weighted by molar-refractivity contribution is 7.16. The van der Waals surface area contributed by atoms with Crippen molar-refractivity contribution < 1.29 is 4.79 Å². The Balaban J connectivity index is 1.40. The van der Waals surface area contributed by atoms with E-state index in [1.165, 1.54) is 17.7 Å². The van der Waals surface area contributed by atoms with Gasteiger partial charge in [-0.15, -0.1) is 11.3 Å². The number of pyridine rings is 1. The molecular weight excluding hydrogens is 362 g/mol. The van der Waals surface area contributed by atoms with E-state index in [0.29, 0.717) is 19.1 Å². The van der Waals surface area contributed by atoms with Crippen LogP contribution in [-0.2, 0) is 13.1 Å². The minimum absolute atomic E-state index is 0.130. The van der Waals surface area contributed by atoms with Crippen molar-refractivity contribution in [2.45, 2.75) is 45.8 Å². The van der Waals surface area contributed by atoms with Crippen LogP contribution in [0.4, 0.5) is 0 Å². The highest BCUT2D eigenvalue weighted by Crippen LogP contribution is 2.18. The zero-order valence-corrected chi connectivity index (χ0v) is 16.3. The first-order chi connectivity index (χ1) is 13.0. The predicted octanol–water partition coefficient (Wildman–Crippen LogP) is 2.31. The summed E-state index contributed by atoms with van der Waals surface area (Å²) in [7, 11) is 0. The quantitative estimate of drug-likeness (QED) is 0.706. The number of aromatic nitrogens is 3. The predicted molar refractivity (Wildman–Crippen MR) is 105 cm³/mol. The fourth-order valence-electron chi connectivity index (χ4n) is 3.54. The first-order valence-electron chi connectivity index (χ1n) is 9.18. The second kappa shape index (κ2) is 7.28. The number of thiazole rings is 1. The fraction of sp³-hybridized carbons (Fsp3) is 0.421. The monoisotopic (exact) mass is 385 g/mol. The Morgan fingerprint density at radius 3 is 2.96 bits per heavy atom. The Labute approximate surface area is 161 Å². The molecule has 1 fully saturated rings. The van der Waals surface area contributed by atoms with Crippen molar-refractivity contribution in [1.29, 1.82) is 0 Å². The number of carbonyl (C=O) groups is 1. The van der Waals surface area contributed by atoms with Crippen LogP contribution in [0.15, 0.2) is 29.3 Å². The lowest BCUT2D eigenvalue weighted by molar-refractivity contribution is 0.0949. The Bertz CT molecular complexity index is 1000. The molecule has 27 heavy (non-hydrogen) atoms. The van der Waals surface area contributed by atoms with Gasteiger partial charge in [-0.3, -0.25) is 18.9 Å². The molecule has 142 valence electrons. The SMILES string of the molecule is Cc1cn2cc(CNC(=O)c3ccc(CN4CCCC4C)[nH]c3=O)nc2s1. The van der Waals surface area contributed by atoms with E-state index in [4.69, 9.17) is 0 Å². The van der Waals surface area contributed by atoms with Crippen LogP contribution in [0.5, 0.6) is 0 Å². The molecule has 4 rings (SSSR count). The van der Waals surface area contributed by atoms with Crippen LogP contribution in [0.3, 0.4) is 0 Å². The van der Waals surface area contributed by atoms with Crippen LogP contribution in [0.25, 0.3) is 4.96 Å².